The maximum Gasteiger partial charge on any atom is 0.337 e. The Morgan fingerprint density at radius 3 is 2.48 bits per heavy atom. The van der Waals surface area contributed by atoms with Gasteiger partial charge in [0.2, 0.25) is 0 Å². The monoisotopic (exact) mass is 369 g/mol. The summed E-state index contributed by atoms with van der Waals surface area (Å²) in [5, 5.41) is 3.24. The van der Waals surface area contributed by atoms with E-state index in [1.807, 2.05) is 6.92 Å². The largest absolute Gasteiger partial charge is 0.465 e. The number of Topliss-reactive ketones (excluding diaryl/α,β-unsaturated/α-hetero) is 1. The molecule has 0 saturated carbocycles. The molecule has 1 aliphatic carbocycles. The highest BCUT2D eigenvalue weighted by Gasteiger charge is 2.39. The number of carbonyl (C=O) groups is 3. The number of carbonyl (C=O) groups excluding carboxylic acids is 3. The summed E-state index contributed by atoms with van der Waals surface area (Å²) in [6.07, 6.45) is 2.03. The zero-order chi connectivity index (χ0) is 19.6. The SMILES string of the molecule is CCOC(=O)C1=C(C)NC2=C(C(=O)CCC2)C1c1ccc(C(=O)OC)cc1. The normalized spacial score (nSPS) is 19.4. The Balaban J connectivity index is 2.10. The Kier molecular flexibility index (Phi) is 5.44. The summed E-state index contributed by atoms with van der Waals surface area (Å²) in [5.74, 6) is -1.33. The molecule has 0 spiro atoms. The minimum absolute atomic E-state index is 0.0418. The molecule has 1 N–H and O–H groups in total. The molecule has 2 aliphatic rings. The molecule has 0 bridgehead atoms. The molecule has 1 aliphatic heterocycles. The molecular weight excluding hydrogens is 346 g/mol. The molecule has 0 fully saturated rings. The lowest BCUT2D eigenvalue weighted by Crippen LogP contribution is -2.34. The Morgan fingerprint density at radius 2 is 1.85 bits per heavy atom. The van der Waals surface area contributed by atoms with Crippen LogP contribution >= 0.6 is 0 Å². The fraction of sp³-hybridized carbons (Fsp3) is 0.381. The molecule has 0 aromatic heterocycles. The lowest BCUT2D eigenvalue weighted by atomic mass is 9.75. The van der Waals surface area contributed by atoms with Crippen LogP contribution in [0.3, 0.4) is 0 Å². The van der Waals surface area contributed by atoms with Crippen LogP contribution in [0, 0.1) is 0 Å². The van der Waals surface area contributed by atoms with E-state index in [0.29, 0.717) is 28.8 Å². The summed E-state index contributed by atoms with van der Waals surface area (Å²) in [7, 11) is 1.33. The van der Waals surface area contributed by atoms with E-state index >= 15 is 0 Å². The van der Waals surface area contributed by atoms with Gasteiger partial charge in [0.05, 0.1) is 24.9 Å². The molecule has 1 heterocycles. The number of nitrogens with one attached hydrogen (secondary N) is 1. The van der Waals surface area contributed by atoms with Crippen molar-refractivity contribution in [2.24, 2.45) is 0 Å². The van der Waals surface area contributed by atoms with Crippen LogP contribution in [0.25, 0.3) is 0 Å². The predicted octanol–water partition coefficient (Wildman–Crippen LogP) is 3.00. The number of esters is 2. The van der Waals surface area contributed by atoms with Crippen molar-refractivity contribution in [3.63, 3.8) is 0 Å². The molecule has 0 radical (unpaired) electrons. The first kappa shape index (κ1) is 18.9. The summed E-state index contributed by atoms with van der Waals surface area (Å²) >= 11 is 0. The quantitative estimate of drug-likeness (QED) is 0.822. The first-order valence-corrected chi connectivity index (χ1v) is 9.07. The summed E-state index contributed by atoms with van der Waals surface area (Å²) in [6.45, 7) is 3.83. The summed E-state index contributed by atoms with van der Waals surface area (Å²) < 4.78 is 9.99. The van der Waals surface area contributed by atoms with Crippen molar-refractivity contribution in [2.75, 3.05) is 13.7 Å². The van der Waals surface area contributed by atoms with Crippen molar-refractivity contribution in [2.45, 2.75) is 39.0 Å². The van der Waals surface area contributed by atoms with Gasteiger partial charge in [-0.1, -0.05) is 12.1 Å². The van der Waals surface area contributed by atoms with Gasteiger partial charge in [0.15, 0.2) is 5.78 Å². The van der Waals surface area contributed by atoms with Gasteiger partial charge in [-0.25, -0.2) is 9.59 Å². The van der Waals surface area contributed by atoms with E-state index < -0.39 is 17.9 Å². The highest BCUT2D eigenvalue weighted by atomic mass is 16.5. The topological polar surface area (TPSA) is 81.7 Å². The van der Waals surface area contributed by atoms with E-state index in [1.54, 1.807) is 31.2 Å². The van der Waals surface area contributed by atoms with Gasteiger partial charge in [0.25, 0.3) is 0 Å². The molecule has 1 aromatic rings. The van der Waals surface area contributed by atoms with Crippen molar-refractivity contribution in [1.82, 2.24) is 5.32 Å². The number of dihydropyridines is 1. The summed E-state index contributed by atoms with van der Waals surface area (Å²) in [4.78, 5) is 37.1. The van der Waals surface area contributed by atoms with Gasteiger partial charge in [-0.05, 0) is 44.4 Å². The number of ketones is 1. The van der Waals surface area contributed by atoms with Gasteiger partial charge >= 0.3 is 11.9 Å². The third-order valence-corrected chi connectivity index (χ3v) is 4.94. The number of benzene rings is 1. The van der Waals surface area contributed by atoms with E-state index in [0.717, 1.165) is 24.1 Å². The fourth-order valence-electron chi connectivity index (χ4n) is 3.73. The van der Waals surface area contributed by atoms with Crippen molar-refractivity contribution < 1.29 is 23.9 Å². The zero-order valence-electron chi connectivity index (χ0n) is 15.8. The Hall–Kier alpha value is -2.89. The highest BCUT2D eigenvalue weighted by Crippen LogP contribution is 2.42. The van der Waals surface area contributed by atoms with Crippen molar-refractivity contribution >= 4 is 17.7 Å². The van der Waals surface area contributed by atoms with Gasteiger partial charge in [-0.3, -0.25) is 4.79 Å². The maximum atomic E-state index is 12.7. The maximum absolute atomic E-state index is 12.7. The summed E-state index contributed by atoms with van der Waals surface area (Å²) in [6, 6.07) is 6.83. The molecule has 142 valence electrons. The van der Waals surface area contributed by atoms with Crippen LogP contribution in [-0.4, -0.2) is 31.4 Å². The van der Waals surface area contributed by atoms with Crippen LogP contribution in [0.1, 0.15) is 54.9 Å². The van der Waals surface area contributed by atoms with Crippen LogP contribution in [0.4, 0.5) is 0 Å². The number of hydrogen-bond donors (Lipinski definition) is 1. The Bertz CT molecular complexity index is 848. The smallest absolute Gasteiger partial charge is 0.337 e. The molecule has 6 heteroatoms. The third-order valence-electron chi connectivity index (χ3n) is 4.94. The average molecular weight is 369 g/mol. The first-order chi connectivity index (χ1) is 13.0. The van der Waals surface area contributed by atoms with Crippen LogP contribution in [0.2, 0.25) is 0 Å². The van der Waals surface area contributed by atoms with E-state index in [1.165, 1.54) is 7.11 Å². The zero-order valence-corrected chi connectivity index (χ0v) is 15.8. The van der Waals surface area contributed by atoms with Gasteiger partial charge < -0.3 is 14.8 Å². The number of methoxy groups -OCH3 is 1. The number of rotatable bonds is 4. The fourth-order valence-corrected chi connectivity index (χ4v) is 3.73. The van der Waals surface area contributed by atoms with Crippen LogP contribution in [0.5, 0.6) is 0 Å². The lowest BCUT2D eigenvalue weighted by molar-refractivity contribution is -0.138. The first-order valence-electron chi connectivity index (χ1n) is 9.07. The molecule has 0 saturated heterocycles. The van der Waals surface area contributed by atoms with Gasteiger partial charge in [-0.2, -0.15) is 0 Å². The van der Waals surface area contributed by atoms with E-state index in [-0.39, 0.29) is 12.4 Å². The second-order valence-electron chi connectivity index (χ2n) is 6.60. The van der Waals surface area contributed by atoms with Gasteiger partial charge in [0.1, 0.15) is 0 Å². The molecule has 3 rings (SSSR count). The minimum atomic E-state index is -0.500. The average Bonchev–Trinajstić information content (AvgIpc) is 2.66. The molecule has 1 atom stereocenters. The van der Waals surface area contributed by atoms with Crippen molar-refractivity contribution in [3.8, 4) is 0 Å². The molecule has 6 nitrogen and oxygen atoms in total. The van der Waals surface area contributed by atoms with Crippen molar-refractivity contribution in [1.29, 1.82) is 0 Å². The highest BCUT2D eigenvalue weighted by molar-refractivity contribution is 6.03. The second-order valence-corrected chi connectivity index (χ2v) is 6.60. The van der Waals surface area contributed by atoms with Gasteiger partial charge in [-0.15, -0.1) is 0 Å². The second kappa shape index (κ2) is 7.78. The molecule has 1 unspecified atom stereocenters. The molecule has 1 aromatic carbocycles. The Morgan fingerprint density at radius 1 is 1.15 bits per heavy atom. The Labute approximate surface area is 158 Å². The molecule has 0 amide bonds. The van der Waals surface area contributed by atoms with E-state index in [9.17, 15) is 14.4 Å². The third kappa shape index (κ3) is 3.52. The molecule has 27 heavy (non-hydrogen) atoms. The van der Waals surface area contributed by atoms with Crippen molar-refractivity contribution in [3.05, 3.63) is 57.9 Å². The molecular formula is C21H23NO5. The number of ether oxygens (including phenoxy) is 2. The lowest BCUT2D eigenvalue weighted by Gasteiger charge is -2.34. The number of allylic oxidation sites excluding steroid dienone is 3. The standard InChI is InChI=1S/C21H23NO5/c1-4-27-21(25)17-12(2)22-15-6-5-7-16(23)19(15)18(17)13-8-10-14(11-9-13)20(24)26-3/h8-11,18,22H,4-7H2,1-3H3. The van der Waals surface area contributed by atoms with Gasteiger partial charge in [0, 0.05) is 29.3 Å². The van der Waals surface area contributed by atoms with Crippen LogP contribution in [0.15, 0.2) is 46.8 Å². The predicted molar refractivity (Wildman–Crippen MR) is 98.9 cm³/mol. The minimum Gasteiger partial charge on any atom is -0.465 e. The van der Waals surface area contributed by atoms with E-state index in [2.05, 4.69) is 5.32 Å². The number of hydrogen-bond acceptors (Lipinski definition) is 6. The van der Waals surface area contributed by atoms with Crippen LogP contribution < -0.4 is 5.32 Å². The summed E-state index contributed by atoms with van der Waals surface area (Å²) in [5.41, 5.74) is 3.83. The van der Waals surface area contributed by atoms with Crippen LogP contribution in [-0.2, 0) is 19.1 Å². The van der Waals surface area contributed by atoms with E-state index in [4.69, 9.17) is 9.47 Å².